The molecule has 13 nitrogen and oxygen atoms in total. The van der Waals surface area contributed by atoms with E-state index in [-0.39, 0.29) is 13.0 Å². The summed E-state index contributed by atoms with van der Waals surface area (Å²) in [6, 6.07) is -5.29. The van der Waals surface area contributed by atoms with Gasteiger partial charge in [-0.25, -0.2) is 4.79 Å². The minimum absolute atomic E-state index is 0.108. The molecule has 0 aromatic rings. The first-order valence-corrected chi connectivity index (χ1v) is 10.2. The summed E-state index contributed by atoms with van der Waals surface area (Å²) in [4.78, 5) is 72.4. The quantitative estimate of drug-likeness (QED) is 0.196. The van der Waals surface area contributed by atoms with Crippen LogP contribution in [0.15, 0.2) is 0 Å². The fraction of sp³-hybridized carbons (Fsp3) is 0.684. The number of rotatable bonds is 12. The summed E-state index contributed by atoms with van der Waals surface area (Å²) < 4.78 is 0. The first-order valence-electron chi connectivity index (χ1n) is 10.2. The Kier molecular flexibility index (Phi) is 10.0. The molecule has 5 unspecified atom stereocenters. The molecule has 0 bridgehead atoms. The van der Waals surface area contributed by atoms with Crippen LogP contribution in [0.25, 0.3) is 0 Å². The number of carbonyl (C=O) groups is 6. The van der Waals surface area contributed by atoms with Gasteiger partial charge in [0.05, 0.1) is 18.9 Å². The van der Waals surface area contributed by atoms with Crippen LogP contribution in [0.1, 0.15) is 46.0 Å². The van der Waals surface area contributed by atoms with Gasteiger partial charge >= 0.3 is 17.9 Å². The number of carboxylic acids is 3. The number of nitrogens with two attached hydrogens (primary N) is 1. The molecule has 0 radical (unpaired) electrons. The van der Waals surface area contributed by atoms with E-state index < -0.39 is 78.6 Å². The number of hydrogen-bond donors (Lipinski definition) is 6. The average molecular weight is 458 g/mol. The maximum absolute atomic E-state index is 12.9. The van der Waals surface area contributed by atoms with E-state index in [1.165, 1.54) is 0 Å². The van der Waals surface area contributed by atoms with Crippen molar-refractivity contribution in [3.63, 3.8) is 0 Å². The molecule has 32 heavy (non-hydrogen) atoms. The zero-order valence-electron chi connectivity index (χ0n) is 17.9. The maximum Gasteiger partial charge on any atom is 0.326 e. The Balaban J connectivity index is 3.04. The molecule has 180 valence electrons. The number of aliphatic carboxylic acids is 3. The van der Waals surface area contributed by atoms with Crippen LogP contribution in [0.4, 0.5) is 0 Å². The van der Waals surface area contributed by atoms with Crippen LogP contribution in [0.2, 0.25) is 0 Å². The molecule has 1 fully saturated rings. The number of likely N-dealkylation sites (tertiary alicyclic amines) is 1. The smallest absolute Gasteiger partial charge is 0.326 e. The molecule has 3 amide bonds. The Morgan fingerprint density at radius 3 is 2.09 bits per heavy atom. The lowest BCUT2D eigenvalue weighted by atomic mass is 9.97. The van der Waals surface area contributed by atoms with Crippen LogP contribution >= 0.6 is 0 Å². The van der Waals surface area contributed by atoms with Crippen molar-refractivity contribution in [1.29, 1.82) is 0 Å². The standard InChI is InChI=1S/C19H30N4O9/c1-3-9(2)15(22-16(28)10(20)7-13(24)25)17(29)21-11(8-14(26)27)18(30)23-6-4-5-12(23)19(31)32/h9-12,15H,3-8,20H2,1-2H3,(H,21,29)(H,22,28)(H,24,25)(H,26,27)(H,31,32). The first-order chi connectivity index (χ1) is 14.9. The SMILES string of the molecule is CCC(C)C(NC(=O)C(N)CC(=O)O)C(=O)NC(CC(=O)O)C(=O)N1CCCC1C(=O)O. The van der Waals surface area contributed by atoms with E-state index in [0.717, 1.165) is 4.90 Å². The number of carbonyl (C=O) groups excluding carboxylic acids is 3. The Bertz CT molecular complexity index is 757. The van der Waals surface area contributed by atoms with Crippen molar-refractivity contribution in [2.24, 2.45) is 11.7 Å². The molecule has 13 heteroatoms. The Labute approximate surface area is 184 Å². The molecule has 1 rings (SSSR count). The second kappa shape index (κ2) is 12.0. The minimum Gasteiger partial charge on any atom is -0.481 e. The predicted octanol–water partition coefficient (Wildman–Crippen LogP) is -1.65. The van der Waals surface area contributed by atoms with E-state index in [9.17, 15) is 39.0 Å². The van der Waals surface area contributed by atoms with E-state index in [4.69, 9.17) is 10.8 Å². The van der Waals surface area contributed by atoms with E-state index in [1.54, 1.807) is 13.8 Å². The predicted molar refractivity (Wildman–Crippen MR) is 108 cm³/mol. The Morgan fingerprint density at radius 2 is 1.59 bits per heavy atom. The van der Waals surface area contributed by atoms with Crippen molar-refractivity contribution >= 4 is 35.6 Å². The van der Waals surface area contributed by atoms with Gasteiger partial charge in [0.25, 0.3) is 0 Å². The lowest BCUT2D eigenvalue weighted by Crippen LogP contribution is -2.59. The van der Waals surface area contributed by atoms with E-state index in [0.29, 0.717) is 12.8 Å². The molecule has 1 saturated heterocycles. The molecule has 0 saturated carbocycles. The molecule has 0 aromatic carbocycles. The third-order valence-corrected chi connectivity index (χ3v) is 5.34. The van der Waals surface area contributed by atoms with Crippen molar-refractivity contribution in [2.45, 2.75) is 70.1 Å². The maximum atomic E-state index is 12.9. The largest absolute Gasteiger partial charge is 0.481 e. The van der Waals surface area contributed by atoms with Gasteiger partial charge in [0.2, 0.25) is 17.7 Å². The zero-order valence-corrected chi connectivity index (χ0v) is 17.9. The van der Waals surface area contributed by atoms with Gasteiger partial charge < -0.3 is 36.6 Å². The molecular weight excluding hydrogens is 428 g/mol. The van der Waals surface area contributed by atoms with E-state index in [2.05, 4.69) is 10.6 Å². The normalized spacial score (nSPS) is 19.3. The topological polar surface area (TPSA) is 216 Å². The fourth-order valence-corrected chi connectivity index (χ4v) is 3.37. The van der Waals surface area contributed by atoms with E-state index in [1.807, 2.05) is 0 Å². The monoisotopic (exact) mass is 458 g/mol. The summed E-state index contributed by atoms with van der Waals surface area (Å²) in [6.07, 6.45) is -0.401. The zero-order chi connectivity index (χ0) is 24.6. The van der Waals surface area contributed by atoms with Gasteiger partial charge in [-0.1, -0.05) is 20.3 Å². The molecule has 5 atom stereocenters. The van der Waals surface area contributed by atoms with Gasteiger partial charge in [0.15, 0.2) is 0 Å². The van der Waals surface area contributed by atoms with E-state index >= 15 is 0 Å². The average Bonchev–Trinajstić information content (AvgIpc) is 3.19. The van der Waals surface area contributed by atoms with Crippen LogP contribution in [-0.2, 0) is 28.8 Å². The molecule has 1 aliphatic rings. The molecular formula is C19H30N4O9. The van der Waals surface area contributed by atoms with Crippen molar-refractivity contribution < 1.29 is 44.1 Å². The second-order valence-electron chi connectivity index (χ2n) is 7.76. The lowest BCUT2D eigenvalue weighted by molar-refractivity contribution is -0.150. The number of amides is 3. The van der Waals surface area contributed by atoms with Gasteiger partial charge in [-0.2, -0.15) is 0 Å². The highest BCUT2D eigenvalue weighted by atomic mass is 16.4. The highest BCUT2D eigenvalue weighted by Gasteiger charge is 2.39. The summed E-state index contributed by atoms with van der Waals surface area (Å²) in [6.45, 7) is 3.47. The van der Waals surface area contributed by atoms with Gasteiger partial charge in [0.1, 0.15) is 18.1 Å². The summed E-state index contributed by atoms with van der Waals surface area (Å²) >= 11 is 0. The van der Waals surface area contributed by atoms with Crippen molar-refractivity contribution in [1.82, 2.24) is 15.5 Å². The molecule has 7 N–H and O–H groups in total. The fourth-order valence-electron chi connectivity index (χ4n) is 3.37. The highest BCUT2D eigenvalue weighted by molar-refractivity contribution is 5.96. The third-order valence-electron chi connectivity index (χ3n) is 5.34. The van der Waals surface area contributed by atoms with Gasteiger partial charge in [-0.05, 0) is 18.8 Å². The van der Waals surface area contributed by atoms with Crippen LogP contribution in [0.5, 0.6) is 0 Å². The van der Waals surface area contributed by atoms with Crippen LogP contribution in [0.3, 0.4) is 0 Å². The van der Waals surface area contributed by atoms with Crippen LogP contribution in [0, 0.1) is 5.92 Å². The molecule has 0 aliphatic carbocycles. The van der Waals surface area contributed by atoms with Crippen LogP contribution < -0.4 is 16.4 Å². The number of nitrogens with one attached hydrogen (secondary N) is 2. The summed E-state index contributed by atoms with van der Waals surface area (Å²) in [7, 11) is 0. The van der Waals surface area contributed by atoms with Crippen LogP contribution in [-0.4, -0.2) is 86.6 Å². The van der Waals surface area contributed by atoms with Crippen molar-refractivity contribution in [3.05, 3.63) is 0 Å². The summed E-state index contributed by atoms with van der Waals surface area (Å²) in [5.41, 5.74) is 5.53. The first kappa shape index (κ1) is 26.8. The highest BCUT2D eigenvalue weighted by Crippen LogP contribution is 2.19. The van der Waals surface area contributed by atoms with Gasteiger partial charge in [-0.15, -0.1) is 0 Å². The van der Waals surface area contributed by atoms with Crippen molar-refractivity contribution in [2.75, 3.05) is 6.54 Å². The molecule has 1 heterocycles. The van der Waals surface area contributed by atoms with Crippen molar-refractivity contribution in [3.8, 4) is 0 Å². The van der Waals surface area contributed by atoms with Gasteiger partial charge in [-0.3, -0.25) is 24.0 Å². The lowest BCUT2D eigenvalue weighted by Gasteiger charge is -2.29. The Morgan fingerprint density at radius 1 is 1.00 bits per heavy atom. The minimum atomic E-state index is -1.55. The summed E-state index contributed by atoms with van der Waals surface area (Å²) in [5, 5.41) is 31.9. The molecule has 1 aliphatic heterocycles. The number of hydrogen-bond acceptors (Lipinski definition) is 7. The molecule has 0 spiro atoms. The third kappa shape index (κ3) is 7.48. The second-order valence-corrected chi connectivity index (χ2v) is 7.76. The molecule has 0 aromatic heterocycles. The van der Waals surface area contributed by atoms with Gasteiger partial charge in [0, 0.05) is 6.54 Å². The Hall–Kier alpha value is -3.22. The summed E-state index contributed by atoms with van der Waals surface area (Å²) in [5.74, 6) is -6.98. The number of carboxylic acid groups (broad SMARTS) is 3. The number of nitrogens with zero attached hydrogens (tertiary/aromatic N) is 1.